The Kier molecular flexibility index (Phi) is 4.94. The fourth-order valence-electron chi connectivity index (χ4n) is 2.39. The van der Waals surface area contributed by atoms with Crippen LogP contribution in [0.1, 0.15) is 16.7 Å². The van der Waals surface area contributed by atoms with Gasteiger partial charge in [-0.1, -0.05) is 41.9 Å². The van der Waals surface area contributed by atoms with Gasteiger partial charge in [-0.3, -0.25) is 10.1 Å². The van der Waals surface area contributed by atoms with Crippen LogP contribution in [0, 0.1) is 17.0 Å². The second-order valence-electron chi connectivity index (χ2n) is 5.08. The summed E-state index contributed by atoms with van der Waals surface area (Å²) in [5.41, 5.74) is 8.89. The maximum absolute atomic E-state index is 11.0. The predicted molar refractivity (Wildman–Crippen MR) is 84.7 cm³/mol. The molecule has 0 saturated carbocycles. The van der Waals surface area contributed by atoms with Crippen LogP contribution in [0.5, 0.6) is 0 Å². The van der Waals surface area contributed by atoms with Crippen LogP contribution in [0.2, 0.25) is 5.02 Å². The highest BCUT2D eigenvalue weighted by molar-refractivity contribution is 6.31. The molecule has 0 aliphatic carbocycles. The highest BCUT2D eigenvalue weighted by Gasteiger charge is 2.15. The molecule has 21 heavy (non-hydrogen) atoms. The minimum Gasteiger partial charge on any atom is -0.327 e. The Morgan fingerprint density at radius 3 is 2.43 bits per heavy atom. The monoisotopic (exact) mass is 304 g/mol. The van der Waals surface area contributed by atoms with Crippen LogP contribution in [-0.2, 0) is 12.8 Å². The number of rotatable bonds is 5. The van der Waals surface area contributed by atoms with Gasteiger partial charge in [0.05, 0.1) is 4.92 Å². The van der Waals surface area contributed by atoms with Crippen molar-refractivity contribution in [3.05, 3.63) is 74.3 Å². The molecule has 2 aromatic rings. The van der Waals surface area contributed by atoms with Gasteiger partial charge < -0.3 is 5.73 Å². The Morgan fingerprint density at radius 2 is 1.76 bits per heavy atom. The summed E-state index contributed by atoms with van der Waals surface area (Å²) < 4.78 is 0. The first kappa shape index (κ1) is 15.5. The van der Waals surface area contributed by atoms with Crippen molar-refractivity contribution in [1.82, 2.24) is 0 Å². The summed E-state index contributed by atoms with van der Waals surface area (Å²) in [6.45, 7) is 1.76. The Morgan fingerprint density at radius 1 is 1.14 bits per heavy atom. The first-order chi connectivity index (χ1) is 9.99. The van der Waals surface area contributed by atoms with Gasteiger partial charge in [-0.25, -0.2) is 0 Å². The molecular formula is C16H17ClN2O2. The molecule has 110 valence electrons. The first-order valence-electron chi connectivity index (χ1n) is 6.71. The van der Waals surface area contributed by atoms with Crippen LogP contribution in [0.15, 0.2) is 42.5 Å². The summed E-state index contributed by atoms with van der Waals surface area (Å²) in [5.74, 6) is 0. The number of hydrogen-bond donors (Lipinski definition) is 1. The van der Waals surface area contributed by atoms with E-state index in [1.54, 1.807) is 13.0 Å². The van der Waals surface area contributed by atoms with E-state index in [2.05, 4.69) is 0 Å². The number of halogens is 1. The quantitative estimate of drug-likeness (QED) is 0.677. The molecule has 0 bridgehead atoms. The molecule has 1 atom stereocenters. The molecule has 0 amide bonds. The molecule has 0 heterocycles. The molecule has 2 N–H and O–H groups in total. The second kappa shape index (κ2) is 6.70. The average Bonchev–Trinajstić information content (AvgIpc) is 2.43. The molecule has 0 fully saturated rings. The molecular weight excluding hydrogens is 288 g/mol. The van der Waals surface area contributed by atoms with E-state index in [1.807, 2.05) is 30.3 Å². The van der Waals surface area contributed by atoms with Crippen LogP contribution in [0.4, 0.5) is 5.69 Å². The fraction of sp³-hybridized carbons (Fsp3) is 0.250. The fourth-order valence-corrected chi connectivity index (χ4v) is 2.60. The summed E-state index contributed by atoms with van der Waals surface area (Å²) in [6.07, 6.45) is 1.22. The lowest BCUT2D eigenvalue weighted by Crippen LogP contribution is -2.26. The average molecular weight is 305 g/mol. The van der Waals surface area contributed by atoms with Crippen molar-refractivity contribution in [2.45, 2.75) is 25.8 Å². The van der Waals surface area contributed by atoms with Crippen molar-refractivity contribution < 1.29 is 4.92 Å². The van der Waals surface area contributed by atoms with E-state index in [0.717, 1.165) is 11.1 Å². The molecule has 0 aliphatic heterocycles. The number of nitro groups is 1. The highest BCUT2D eigenvalue weighted by atomic mass is 35.5. The van der Waals surface area contributed by atoms with Crippen LogP contribution < -0.4 is 5.73 Å². The molecule has 0 radical (unpaired) electrons. The van der Waals surface area contributed by atoms with Crippen LogP contribution in [-0.4, -0.2) is 11.0 Å². The lowest BCUT2D eigenvalue weighted by Gasteiger charge is -2.14. The molecule has 4 nitrogen and oxygen atoms in total. The van der Waals surface area contributed by atoms with E-state index >= 15 is 0 Å². The Bertz CT molecular complexity index is 658. The van der Waals surface area contributed by atoms with Gasteiger partial charge in [0.15, 0.2) is 0 Å². The van der Waals surface area contributed by atoms with E-state index in [4.69, 9.17) is 17.3 Å². The van der Waals surface area contributed by atoms with Gasteiger partial charge in [-0.2, -0.15) is 0 Å². The summed E-state index contributed by atoms with van der Waals surface area (Å²) in [5, 5.41) is 11.7. The van der Waals surface area contributed by atoms with E-state index in [1.165, 1.54) is 6.07 Å². The molecule has 2 aromatic carbocycles. The van der Waals surface area contributed by atoms with Crippen molar-refractivity contribution in [2.24, 2.45) is 5.73 Å². The minimum atomic E-state index is -0.363. The van der Waals surface area contributed by atoms with E-state index in [-0.39, 0.29) is 16.7 Å². The summed E-state index contributed by atoms with van der Waals surface area (Å²) in [7, 11) is 0. The third-order valence-corrected chi connectivity index (χ3v) is 3.90. The van der Waals surface area contributed by atoms with Gasteiger partial charge in [-0.05, 0) is 37.0 Å². The number of nitrogens with zero attached hydrogens (tertiary/aromatic N) is 1. The van der Waals surface area contributed by atoms with Crippen LogP contribution in [0.25, 0.3) is 0 Å². The highest BCUT2D eigenvalue weighted by Crippen LogP contribution is 2.23. The van der Waals surface area contributed by atoms with Crippen molar-refractivity contribution in [3.63, 3.8) is 0 Å². The van der Waals surface area contributed by atoms with Crippen molar-refractivity contribution in [2.75, 3.05) is 0 Å². The maximum Gasteiger partial charge on any atom is 0.272 e. The zero-order valence-electron chi connectivity index (χ0n) is 11.8. The lowest BCUT2D eigenvalue weighted by atomic mass is 9.96. The zero-order chi connectivity index (χ0) is 15.4. The summed E-state index contributed by atoms with van der Waals surface area (Å²) in [6, 6.07) is 12.5. The third kappa shape index (κ3) is 3.80. The van der Waals surface area contributed by atoms with Gasteiger partial charge in [0.2, 0.25) is 0 Å². The van der Waals surface area contributed by atoms with Gasteiger partial charge in [0, 0.05) is 22.7 Å². The normalized spacial score (nSPS) is 12.1. The van der Waals surface area contributed by atoms with Gasteiger partial charge in [0.25, 0.3) is 5.69 Å². The van der Waals surface area contributed by atoms with Crippen LogP contribution in [0.3, 0.4) is 0 Å². The number of benzene rings is 2. The molecule has 1 unspecified atom stereocenters. The molecule has 5 heteroatoms. The van der Waals surface area contributed by atoms with Crippen molar-refractivity contribution >= 4 is 17.3 Å². The maximum atomic E-state index is 11.0. The molecule has 0 aromatic heterocycles. The van der Waals surface area contributed by atoms with Crippen molar-refractivity contribution in [3.8, 4) is 0 Å². The standard InChI is InChI=1S/C16H17ClN2O2/c1-11-12(6-4-8-16(11)19(20)21)9-14(18)10-13-5-2-3-7-15(13)17/h2-8,14H,9-10,18H2,1H3. The van der Waals surface area contributed by atoms with Gasteiger partial charge >= 0.3 is 0 Å². The smallest absolute Gasteiger partial charge is 0.272 e. The summed E-state index contributed by atoms with van der Waals surface area (Å²) >= 11 is 6.12. The lowest BCUT2D eigenvalue weighted by molar-refractivity contribution is -0.385. The number of hydrogen-bond acceptors (Lipinski definition) is 3. The number of nitro benzene ring substituents is 1. The van der Waals surface area contributed by atoms with E-state index in [0.29, 0.717) is 23.4 Å². The van der Waals surface area contributed by atoms with Crippen molar-refractivity contribution in [1.29, 1.82) is 0 Å². The molecule has 2 rings (SSSR count). The summed E-state index contributed by atoms with van der Waals surface area (Å²) in [4.78, 5) is 10.6. The van der Waals surface area contributed by atoms with E-state index < -0.39 is 0 Å². The van der Waals surface area contributed by atoms with Crippen LogP contribution >= 0.6 is 11.6 Å². The third-order valence-electron chi connectivity index (χ3n) is 3.54. The minimum absolute atomic E-state index is 0.134. The van der Waals surface area contributed by atoms with Gasteiger partial charge in [0.1, 0.15) is 0 Å². The SMILES string of the molecule is Cc1c(CC(N)Cc2ccccc2Cl)cccc1[N+](=O)[O-]. The molecule has 0 spiro atoms. The second-order valence-corrected chi connectivity index (χ2v) is 5.49. The Balaban J connectivity index is 2.13. The van der Waals surface area contributed by atoms with E-state index in [9.17, 15) is 10.1 Å². The Labute approximate surface area is 128 Å². The van der Waals surface area contributed by atoms with Gasteiger partial charge in [-0.15, -0.1) is 0 Å². The number of nitrogens with two attached hydrogens (primary N) is 1. The first-order valence-corrected chi connectivity index (χ1v) is 7.08. The topological polar surface area (TPSA) is 69.2 Å². The molecule has 0 saturated heterocycles. The predicted octanol–water partition coefficient (Wildman–Crippen LogP) is 3.67. The Hall–Kier alpha value is -1.91. The largest absolute Gasteiger partial charge is 0.327 e. The zero-order valence-corrected chi connectivity index (χ0v) is 12.5. The molecule has 0 aliphatic rings.